The molecule has 2 unspecified atom stereocenters. The number of fused-ring (bicyclic) bond motifs is 1. The number of piperidine rings is 1. The smallest absolute Gasteiger partial charge is 0.287 e. The minimum Gasteiger partial charge on any atom is -0.451 e. The Labute approximate surface area is 185 Å². The van der Waals surface area contributed by atoms with E-state index in [4.69, 9.17) is 4.42 Å². The number of aryl methyl sites for hydroxylation is 1. The Morgan fingerprint density at radius 2 is 2.23 bits per heavy atom. The number of carbonyl (C=O) groups excluding carboxylic acids is 1. The van der Waals surface area contributed by atoms with E-state index in [-0.39, 0.29) is 11.9 Å². The molecule has 3 heterocycles. The molecule has 1 aliphatic heterocycles. The first kappa shape index (κ1) is 21.3. The van der Waals surface area contributed by atoms with Crippen molar-refractivity contribution in [2.45, 2.75) is 49.7 Å². The van der Waals surface area contributed by atoms with Gasteiger partial charge in [-0.05, 0) is 45.2 Å². The molecule has 8 heteroatoms. The summed E-state index contributed by atoms with van der Waals surface area (Å²) >= 11 is 3.15. The number of para-hydroxylation sites is 1. The van der Waals surface area contributed by atoms with Crippen molar-refractivity contribution in [1.29, 1.82) is 0 Å². The van der Waals surface area contributed by atoms with Gasteiger partial charge in [-0.1, -0.05) is 48.2 Å². The van der Waals surface area contributed by atoms with Crippen LogP contribution in [0.5, 0.6) is 0 Å². The van der Waals surface area contributed by atoms with E-state index in [0.29, 0.717) is 11.5 Å². The molecule has 30 heavy (non-hydrogen) atoms. The Balaban J connectivity index is 1.48. The number of hydrogen-bond acceptors (Lipinski definition) is 7. The molecular formula is C22H28N4O2S2. The van der Waals surface area contributed by atoms with Crippen molar-refractivity contribution in [2.75, 3.05) is 19.6 Å². The van der Waals surface area contributed by atoms with Gasteiger partial charge >= 0.3 is 0 Å². The highest BCUT2D eigenvalue weighted by molar-refractivity contribution is 8.00. The van der Waals surface area contributed by atoms with Gasteiger partial charge in [0.1, 0.15) is 10.6 Å². The normalized spacial score (nSPS) is 18.6. The fourth-order valence-electron chi connectivity index (χ4n) is 4.07. The van der Waals surface area contributed by atoms with Crippen LogP contribution in [0.25, 0.3) is 11.0 Å². The van der Waals surface area contributed by atoms with Crippen LogP contribution in [0.3, 0.4) is 0 Å². The topological polar surface area (TPSA) is 71.3 Å². The predicted molar refractivity (Wildman–Crippen MR) is 122 cm³/mol. The van der Waals surface area contributed by atoms with E-state index in [9.17, 15) is 4.79 Å². The maximum Gasteiger partial charge on any atom is 0.287 e. The second kappa shape index (κ2) is 9.49. The summed E-state index contributed by atoms with van der Waals surface area (Å²) in [7, 11) is 0. The molecule has 0 aliphatic carbocycles. The van der Waals surface area contributed by atoms with Gasteiger partial charge in [-0.25, -0.2) is 0 Å². The summed E-state index contributed by atoms with van der Waals surface area (Å²) in [5.41, 5.74) is 1.66. The van der Waals surface area contributed by atoms with Crippen LogP contribution in [-0.4, -0.2) is 46.7 Å². The average Bonchev–Trinajstić information content (AvgIpc) is 3.29. The molecule has 0 radical (unpaired) electrons. The highest BCUT2D eigenvalue weighted by Gasteiger charge is 2.24. The summed E-state index contributed by atoms with van der Waals surface area (Å²) in [6.45, 7) is 9.39. The molecule has 4 rings (SSSR count). The van der Waals surface area contributed by atoms with Crippen LogP contribution in [0.1, 0.15) is 47.8 Å². The molecule has 160 valence electrons. The number of likely N-dealkylation sites (tertiary alicyclic amines) is 1. The molecule has 1 aromatic carbocycles. The van der Waals surface area contributed by atoms with Gasteiger partial charge in [-0.15, -0.1) is 10.2 Å². The van der Waals surface area contributed by atoms with Gasteiger partial charge in [-0.2, -0.15) is 0 Å². The average molecular weight is 445 g/mol. The van der Waals surface area contributed by atoms with E-state index < -0.39 is 0 Å². The molecule has 6 nitrogen and oxygen atoms in total. The summed E-state index contributed by atoms with van der Waals surface area (Å²) in [4.78, 5) is 15.6. The summed E-state index contributed by atoms with van der Waals surface area (Å²) in [5.74, 6) is 1.60. The Morgan fingerprint density at radius 3 is 3.00 bits per heavy atom. The van der Waals surface area contributed by atoms with Gasteiger partial charge in [0.25, 0.3) is 5.91 Å². The van der Waals surface area contributed by atoms with E-state index in [1.165, 1.54) is 12.8 Å². The van der Waals surface area contributed by atoms with Crippen LogP contribution in [-0.2, 0) is 5.75 Å². The molecule has 1 aliphatic rings. The van der Waals surface area contributed by atoms with Crippen LogP contribution in [0.15, 0.2) is 33.0 Å². The molecule has 0 spiro atoms. The fourth-order valence-corrected chi connectivity index (χ4v) is 5.91. The molecule has 1 saturated heterocycles. The molecule has 1 N–H and O–H groups in total. The maximum absolute atomic E-state index is 13.1. The summed E-state index contributed by atoms with van der Waals surface area (Å²) in [5, 5.41) is 13.3. The standard InChI is InChI=1S/C22H28N4O2S2/c1-14-7-6-10-26(11-14)12-15(2)23-21(27)20-18(13-29-22-25-24-16(3)30-22)17-8-4-5-9-19(17)28-20/h4-5,8-9,14-15H,6-7,10-13H2,1-3H3,(H,23,27). The molecule has 0 bridgehead atoms. The lowest BCUT2D eigenvalue weighted by molar-refractivity contribution is 0.0893. The first-order chi connectivity index (χ1) is 14.5. The largest absolute Gasteiger partial charge is 0.451 e. The van der Waals surface area contributed by atoms with Crippen LogP contribution in [0.4, 0.5) is 0 Å². The second-order valence-electron chi connectivity index (χ2n) is 8.16. The molecule has 0 saturated carbocycles. The van der Waals surface area contributed by atoms with Gasteiger partial charge in [0, 0.05) is 35.8 Å². The number of furan rings is 1. The zero-order valence-electron chi connectivity index (χ0n) is 17.7. The third-order valence-corrected chi connectivity index (χ3v) is 7.40. The number of amides is 1. The zero-order valence-corrected chi connectivity index (χ0v) is 19.3. The van der Waals surface area contributed by atoms with E-state index in [1.54, 1.807) is 23.1 Å². The third-order valence-electron chi connectivity index (χ3n) is 5.40. The summed E-state index contributed by atoms with van der Waals surface area (Å²) in [6, 6.07) is 7.88. The van der Waals surface area contributed by atoms with Gasteiger partial charge in [-0.3, -0.25) is 4.79 Å². The molecule has 2 atom stereocenters. The van der Waals surface area contributed by atoms with E-state index in [2.05, 4.69) is 34.3 Å². The number of hydrogen-bond donors (Lipinski definition) is 1. The quantitative estimate of drug-likeness (QED) is 0.531. The van der Waals surface area contributed by atoms with Crippen molar-refractivity contribution in [2.24, 2.45) is 5.92 Å². The van der Waals surface area contributed by atoms with Gasteiger partial charge in [0.15, 0.2) is 10.1 Å². The van der Waals surface area contributed by atoms with E-state index >= 15 is 0 Å². The second-order valence-corrected chi connectivity index (χ2v) is 10.6. The SMILES string of the molecule is Cc1nnc(SCc2c(C(=O)NC(C)CN3CCCC(C)C3)oc3ccccc23)s1. The van der Waals surface area contributed by atoms with E-state index in [0.717, 1.165) is 51.4 Å². The number of thioether (sulfide) groups is 1. The van der Waals surface area contributed by atoms with E-state index in [1.807, 2.05) is 31.2 Å². The highest BCUT2D eigenvalue weighted by Crippen LogP contribution is 2.33. The number of rotatable bonds is 7. The highest BCUT2D eigenvalue weighted by atomic mass is 32.2. The van der Waals surface area contributed by atoms with Crippen LogP contribution in [0, 0.1) is 12.8 Å². The van der Waals surface area contributed by atoms with Crippen molar-refractivity contribution in [3.8, 4) is 0 Å². The molecular weight excluding hydrogens is 416 g/mol. The van der Waals surface area contributed by atoms with Crippen molar-refractivity contribution >= 4 is 40.0 Å². The number of benzene rings is 1. The monoisotopic (exact) mass is 444 g/mol. The lowest BCUT2D eigenvalue weighted by atomic mass is 10.00. The molecule has 1 amide bonds. The predicted octanol–water partition coefficient (Wildman–Crippen LogP) is 4.74. The van der Waals surface area contributed by atoms with Crippen molar-refractivity contribution < 1.29 is 9.21 Å². The summed E-state index contributed by atoms with van der Waals surface area (Å²) < 4.78 is 6.89. The lowest BCUT2D eigenvalue weighted by Gasteiger charge is -2.32. The molecule has 1 fully saturated rings. The number of aromatic nitrogens is 2. The van der Waals surface area contributed by atoms with Gasteiger partial charge in [0.2, 0.25) is 0 Å². The van der Waals surface area contributed by atoms with Crippen LogP contribution in [0.2, 0.25) is 0 Å². The zero-order chi connectivity index (χ0) is 21.1. The van der Waals surface area contributed by atoms with Gasteiger partial charge < -0.3 is 14.6 Å². The van der Waals surface area contributed by atoms with Crippen molar-refractivity contribution in [1.82, 2.24) is 20.4 Å². The minimum atomic E-state index is -0.146. The van der Waals surface area contributed by atoms with Crippen LogP contribution < -0.4 is 5.32 Å². The molecule has 3 aromatic rings. The summed E-state index contributed by atoms with van der Waals surface area (Å²) in [6.07, 6.45) is 2.53. The molecule has 2 aromatic heterocycles. The third kappa shape index (κ3) is 5.04. The fraction of sp³-hybridized carbons (Fsp3) is 0.500. The number of carbonyl (C=O) groups is 1. The Kier molecular flexibility index (Phi) is 6.75. The number of nitrogens with zero attached hydrogens (tertiary/aromatic N) is 3. The minimum absolute atomic E-state index is 0.0577. The van der Waals surface area contributed by atoms with Crippen molar-refractivity contribution in [3.63, 3.8) is 0 Å². The van der Waals surface area contributed by atoms with Crippen molar-refractivity contribution in [3.05, 3.63) is 40.6 Å². The number of nitrogens with one attached hydrogen (secondary N) is 1. The first-order valence-corrected chi connectivity index (χ1v) is 12.3. The Bertz CT molecular complexity index is 1020. The van der Waals surface area contributed by atoms with Crippen LogP contribution >= 0.6 is 23.1 Å². The first-order valence-electron chi connectivity index (χ1n) is 10.5. The lowest BCUT2D eigenvalue weighted by Crippen LogP contribution is -2.45. The maximum atomic E-state index is 13.1. The Hall–Kier alpha value is -1.90. The van der Waals surface area contributed by atoms with Gasteiger partial charge in [0.05, 0.1) is 0 Å². The Morgan fingerprint density at radius 1 is 1.40 bits per heavy atom.